The largest absolute Gasteiger partial charge is 0.332 e. The third kappa shape index (κ3) is 4.28. The highest BCUT2D eigenvalue weighted by molar-refractivity contribution is 5.83. The number of allylic oxidation sites excluding steroid dienone is 1. The molecule has 1 heterocycles. The number of carbonyl (C=O) groups is 1. The van der Waals surface area contributed by atoms with E-state index in [1.807, 2.05) is 18.0 Å². The van der Waals surface area contributed by atoms with Crippen LogP contribution in [-0.2, 0) is 4.79 Å². The minimum atomic E-state index is -0.119. The Labute approximate surface area is 115 Å². The fraction of sp³-hybridized carbons (Fsp3) is 0.643. The van der Waals surface area contributed by atoms with E-state index in [4.69, 9.17) is 5.41 Å². The van der Waals surface area contributed by atoms with E-state index in [9.17, 15) is 4.79 Å². The molecule has 0 aromatic rings. The quantitative estimate of drug-likeness (QED) is 0.585. The Morgan fingerprint density at radius 1 is 1.58 bits per heavy atom. The highest BCUT2D eigenvalue weighted by Gasteiger charge is 2.36. The van der Waals surface area contributed by atoms with Crippen LogP contribution in [-0.4, -0.2) is 48.5 Å². The summed E-state index contributed by atoms with van der Waals surface area (Å²) in [5, 5.41) is 9.88. The molecule has 1 saturated heterocycles. The van der Waals surface area contributed by atoms with Crippen LogP contribution in [0.3, 0.4) is 0 Å². The summed E-state index contributed by atoms with van der Waals surface area (Å²) in [6.45, 7) is 4.80. The average molecular weight is 264 g/mol. The molecule has 0 aromatic heterocycles. The van der Waals surface area contributed by atoms with Crippen LogP contribution in [0.15, 0.2) is 17.1 Å². The van der Waals surface area contributed by atoms with E-state index in [1.54, 1.807) is 12.3 Å². The van der Waals surface area contributed by atoms with Crippen LogP contribution in [0.5, 0.6) is 0 Å². The number of nitrogens with one attached hydrogen (secondary N) is 2. The number of hydrogen-bond acceptors (Lipinski definition) is 3. The number of likely N-dealkylation sites (tertiary alicyclic amines) is 1. The summed E-state index contributed by atoms with van der Waals surface area (Å²) in [5.74, 6) is 0.165. The number of aliphatic imine (C=N–C) groups is 1. The predicted molar refractivity (Wildman–Crippen MR) is 78.9 cm³/mol. The maximum Gasteiger partial charge on any atom is 0.240 e. The maximum atomic E-state index is 12.5. The Hall–Kier alpha value is -1.49. The molecule has 0 aromatic carbocycles. The van der Waals surface area contributed by atoms with E-state index in [2.05, 4.69) is 24.2 Å². The van der Waals surface area contributed by atoms with Crippen LogP contribution in [0, 0.1) is 5.41 Å². The van der Waals surface area contributed by atoms with Crippen LogP contribution in [0.1, 0.15) is 33.1 Å². The molecule has 1 aliphatic heterocycles. The van der Waals surface area contributed by atoms with Crippen molar-refractivity contribution in [2.75, 3.05) is 13.6 Å². The summed E-state index contributed by atoms with van der Waals surface area (Å²) >= 11 is 0. The Morgan fingerprint density at radius 2 is 2.32 bits per heavy atom. The van der Waals surface area contributed by atoms with E-state index < -0.39 is 0 Å². The van der Waals surface area contributed by atoms with Crippen molar-refractivity contribution in [2.45, 2.75) is 44.7 Å². The van der Waals surface area contributed by atoms with Gasteiger partial charge in [0.2, 0.25) is 5.91 Å². The first-order valence-electron chi connectivity index (χ1n) is 6.69. The first-order valence-corrected chi connectivity index (χ1v) is 6.69. The van der Waals surface area contributed by atoms with E-state index in [1.165, 1.54) is 0 Å². The Morgan fingerprint density at radius 3 is 2.95 bits per heavy atom. The zero-order valence-electron chi connectivity index (χ0n) is 12.0. The standard InChI is InChI=1S/C14H24N4O/c1-14(2)8-6-7-12(16-3)13(19)18(14)10-5-4-9-17-11-15/h4-5,9,11-12,15-16H,6-8,10H2,1-3H3/b5-4+,15-11?,17-9?. The van der Waals surface area contributed by atoms with Gasteiger partial charge < -0.3 is 10.2 Å². The Bertz CT molecular complexity index is 374. The normalized spacial score (nSPS) is 24.1. The lowest BCUT2D eigenvalue weighted by atomic mass is 9.97. The van der Waals surface area contributed by atoms with Gasteiger partial charge in [-0.2, -0.15) is 0 Å². The minimum absolute atomic E-state index is 0.0783. The number of rotatable bonds is 5. The van der Waals surface area contributed by atoms with Gasteiger partial charge in [-0.25, -0.2) is 4.99 Å². The first kappa shape index (κ1) is 15.6. The van der Waals surface area contributed by atoms with Gasteiger partial charge in [-0.05, 0) is 46.2 Å². The molecule has 1 unspecified atom stereocenters. The van der Waals surface area contributed by atoms with Gasteiger partial charge >= 0.3 is 0 Å². The summed E-state index contributed by atoms with van der Waals surface area (Å²) < 4.78 is 0. The van der Waals surface area contributed by atoms with E-state index >= 15 is 0 Å². The van der Waals surface area contributed by atoms with E-state index in [0.29, 0.717) is 6.54 Å². The van der Waals surface area contributed by atoms with Crippen molar-refractivity contribution in [1.29, 1.82) is 5.41 Å². The Balaban J connectivity index is 2.78. The fourth-order valence-electron chi connectivity index (χ4n) is 2.41. The molecule has 0 aliphatic carbocycles. The zero-order valence-corrected chi connectivity index (χ0v) is 12.0. The highest BCUT2D eigenvalue weighted by Crippen LogP contribution is 2.27. The summed E-state index contributed by atoms with van der Waals surface area (Å²) in [4.78, 5) is 18.1. The SMILES string of the molecule is CNC1CCCC(C)(C)N(C/C=C/C=NC=N)C1=O. The lowest BCUT2D eigenvalue weighted by molar-refractivity contribution is -0.136. The molecule has 1 amide bonds. The van der Waals surface area contributed by atoms with Gasteiger partial charge in [-0.3, -0.25) is 10.2 Å². The van der Waals surface area contributed by atoms with Crippen LogP contribution in [0.25, 0.3) is 0 Å². The van der Waals surface area contributed by atoms with Gasteiger partial charge in [-0.1, -0.05) is 6.08 Å². The number of amides is 1. The number of likely N-dealkylation sites (N-methyl/N-ethyl adjacent to an activating group) is 1. The highest BCUT2D eigenvalue weighted by atomic mass is 16.2. The van der Waals surface area contributed by atoms with Crippen LogP contribution < -0.4 is 5.32 Å². The van der Waals surface area contributed by atoms with Crippen molar-refractivity contribution in [1.82, 2.24) is 10.2 Å². The van der Waals surface area contributed by atoms with E-state index in [0.717, 1.165) is 25.6 Å². The topological polar surface area (TPSA) is 68.6 Å². The molecule has 1 fully saturated rings. The second kappa shape index (κ2) is 7.19. The molecule has 1 atom stereocenters. The summed E-state index contributed by atoms with van der Waals surface area (Å²) in [5.41, 5.74) is -0.119. The van der Waals surface area contributed by atoms with Crippen molar-refractivity contribution < 1.29 is 4.79 Å². The van der Waals surface area contributed by atoms with Gasteiger partial charge in [0, 0.05) is 18.3 Å². The maximum absolute atomic E-state index is 12.5. The molecule has 106 valence electrons. The predicted octanol–water partition coefficient (Wildman–Crippen LogP) is 1.60. The molecule has 2 N–H and O–H groups in total. The lowest BCUT2D eigenvalue weighted by Crippen LogP contribution is -2.52. The zero-order chi connectivity index (χ0) is 14.3. The van der Waals surface area contributed by atoms with Crippen molar-refractivity contribution >= 4 is 18.5 Å². The molecule has 0 radical (unpaired) electrons. The molecule has 0 saturated carbocycles. The third-order valence-corrected chi connectivity index (χ3v) is 3.60. The minimum Gasteiger partial charge on any atom is -0.332 e. The molecule has 0 spiro atoms. The van der Waals surface area contributed by atoms with Crippen molar-refractivity contribution in [3.8, 4) is 0 Å². The molecular formula is C14H24N4O. The fourth-order valence-corrected chi connectivity index (χ4v) is 2.41. The van der Waals surface area contributed by atoms with Gasteiger partial charge in [0.05, 0.1) is 6.04 Å². The molecule has 5 heteroatoms. The summed E-state index contributed by atoms with van der Waals surface area (Å²) in [7, 11) is 1.84. The monoisotopic (exact) mass is 264 g/mol. The van der Waals surface area contributed by atoms with Crippen molar-refractivity contribution in [3.05, 3.63) is 12.2 Å². The number of hydrogen-bond donors (Lipinski definition) is 2. The van der Waals surface area contributed by atoms with Crippen molar-refractivity contribution in [3.63, 3.8) is 0 Å². The molecule has 0 bridgehead atoms. The van der Waals surface area contributed by atoms with Crippen LogP contribution >= 0.6 is 0 Å². The molecule has 1 aliphatic rings. The third-order valence-electron chi connectivity index (χ3n) is 3.60. The summed E-state index contributed by atoms with van der Waals surface area (Å²) in [6, 6.07) is -0.0783. The van der Waals surface area contributed by atoms with Crippen LogP contribution in [0.4, 0.5) is 0 Å². The number of carbonyl (C=O) groups excluding carboxylic acids is 1. The first-order chi connectivity index (χ1) is 9.03. The molecular weight excluding hydrogens is 240 g/mol. The van der Waals surface area contributed by atoms with Gasteiger partial charge in [0.15, 0.2) is 0 Å². The summed E-state index contributed by atoms with van der Waals surface area (Å²) in [6.07, 6.45) is 9.19. The van der Waals surface area contributed by atoms with Crippen LogP contribution in [0.2, 0.25) is 0 Å². The van der Waals surface area contributed by atoms with Gasteiger partial charge in [0.25, 0.3) is 0 Å². The second-order valence-corrected chi connectivity index (χ2v) is 5.35. The Kier molecular flexibility index (Phi) is 5.89. The molecule has 19 heavy (non-hydrogen) atoms. The van der Waals surface area contributed by atoms with Gasteiger partial charge in [0.1, 0.15) is 6.34 Å². The van der Waals surface area contributed by atoms with Crippen molar-refractivity contribution in [2.24, 2.45) is 4.99 Å². The number of nitrogens with zero attached hydrogens (tertiary/aromatic N) is 2. The molecule has 1 rings (SSSR count). The molecule has 5 nitrogen and oxygen atoms in total. The van der Waals surface area contributed by atoms with E-state index in [-0.39, 0.29) is 17.5 Å². The smallest absolute Gasteiger partial charge is 0.240 e. The lowest BCUT2D eigenvalue weighted by Gasteiger charge is -2.37. The van der Waals surface area contributed by atoms with Gasteiger partial charge in [-0.15, -0.1) is 0 Å². The average Bonchev–Trinajstić information content (AvgIpc) is 2.47. The second-order valence-electron chi connectivity index (χ2n) is 5.35.